The van der Waals surface area contributed by atoms with Crippen molar-refractivity contribution < 1.29 is 9.53 Å². The van der Waals surface area contributed by atoms with Crippen molar-refractivity contribution in [2.45, 2.75) is 12.1 Å². The lowest BCUT2D eigenvalue weighted by atomic mass is 10.3. The van der Waals surface area contributed by atoms with Gasteiger partial charge in [0.1, 0.15) is 11.6 Å². The fourth-order valence-corrected chi connectivity index (χ4v) is 3.04. The summed E-state index contributed by atoms with van der Waals surface area (Å²) >= 11 is 1.37. The van der Waals surface area contributed by atoms with Crippen LogP contribution in [-0.2, 0) is 4.79 Å². The van der Waals surface area contributed by atoms with Gasteiger partial charge >= 0.3 is 0 Å². The van der Waals surface area contributed by atoms with Gasteiger partial charge in [0.25, 0.3) is 0 Å². The highest BCUT2D eigenvalue weighted by molar-refractivity contribution is 7.99. The fraction of sp³-hybridized carbons (Fsp3) is 0.167. The van der Waals surface area contributed by atoms with E-state index in [0.717, 1.165) is 22.2 Å². The largest absolute Gasteiger partial charge is 0.497 e. The molecule has 1 aromatic carbocycles. The van der Waals surface area contributed by atoms with Crippen LogP contribution in [0, 0.1) is 6.92 Å². The topological polar surface area (TPSA) is 69.0 Å². The monoisotopic (exact) mass is 354 g/mol. The Morgan fingerprint density at radius 1 is 1.24 bits per heavy atom. The zero-order chi connectivity index (χ0) is 17.6. The SMILES string of the molecule is COc1cccc(-n2ccnc2SCC(=O)Nc2ncccc2C)c1. The number of benzene rings is 1. The van der Waals surface area contributed by atoms with Gasteiger partial charge in [0.15, 0.2) is 5.16 Å². The minimum Gasteiger partial charge on any atom is -0.497 e. The zero-order valence-electron chi connectivity index (χ0n) is 14.0. The van der Waals surface area contributed by atoms with E-state index in [2.05, 4.69) is 15.3 Å². The molecule has 0 aliphatic heterocycles. The van der Waals surface area contributed by atoms with Crippen LogP contribution < -0.4 is 10.1 Å². The summed E-state index contributed by atoms with van der Waals surface area (Å²) in [6, 6.07) is 11.4. The number of carbonyl (C=O) groups excluding carboxylic acids is 1. The number of aryl methyl sites for hydroxylation is 1. The Hall–Kier alpha value is -2.80. The first kappa shape index (κ1) is 17.0. The number of ether oxygens (including phenoxy) is 1. The highest BCUT2D eigenvalue weighted by Crippen LogP contribution is 2.23. The van der Waals surface area contributed by atoms with Gasteiger partial charge < -0.3 is 10.1 Å². The third kappa shape index (κ3) is 4.19. The molecule has 0 atom stereocenters. The maximum atomic E-state index is 12.2. The summed E-state index contributed by atoms with van der Waals surface area (Å²) in [7, 11) is 1.63. The van der Waals surface area contributed by atoms with Gasteiger partial charge in [-0.25, -0.2) is 9.97 Å². The number of carbonyl (C=O) groups is 1. The summed E-state index contributed by atoms with van der Waals surface area (Å²) < 4.78 is 7.18. The summed E-state index contributed by atoms with van der Waals surface area (Å²) in [5, 5.41) is 3.56. The Balaban J connectivity index is 1.67. The predicted octanol–water partition coefficient (Wildman–Crippen LogP) is 3.32. The molecule has 0 aliphatic rings. The van der Waals surface area contributed by atoms with Gasteiger partial charge in [0.05, 0.1) is 18.6 Å². The molecule has 0 saturated carbocycles. The Labute approximate surface area is 150 Å². The minimum atomic E-state index is -0.119. The molecule has 0 fully saturated rings. The lowest BCUT2D eigenvalue weighted by Gasteiger charge is -2.09. The first-order chi connectivity index (χ1) is 12.2. The van der Waals surface area contributed by atoms with Gasteiger partial charge in [-0.1, -0.05) is 23.9 Å². The summed E-state index contributed by atoms with van der Waals surface area (Å²) in [4.78, 5) is 20.7. The molecule has 0 bridgehead atoms. The van der Waals surface area contributed by atoms with Crippen molar-refractivity contribution in [1.82, 2.24) is 14.5 Å². The van der Waals surface area contributed by atoms with Crippen molar-refractivity contribution in [3.05, 3.63) is 60.6 Å². The van der Waals surface area contributed by atoms with Crippen LogP contribution in [0.25, 0.3) is 5.69 Å². The smallest absolute Gasteiger partial charge is 0.236 e. The van der Waals surface area contributed by atoms with Crippen molar-refractivity contribution in [3.63, 3.8) is 0 Å². The highest BCUT2D eigenvalue weighted by Gasteiger charge is 2.11. The lowest BCUT2D eigenvalue weighted by molar-refractivity contribution is -0.113. The summed E-state index contributed by atoms with van der Waals surface area (Å²) in [5.41, 5.74) is 1.86. The normalized spacial score (nSPS) is 10.5. The zero-order valence-corrected chi connectivity index (χ0v) is 14.8. The van der Waals surface area contributed by atoms with Gasteiger partial charge in [-0.15, -0.1) is 0 Å². The molecule has 128 valence electrons. The number of pyridine rings is 1. The first-order valence-corrected chi connectivity index (χ1v) is 8.68. The number of hydrogen-bond donors (Lipinski definition) is 1. The second-order valence-electron chi connectivity index (χ2n) is 5.29. The van der Waals surface area contributed by atoms with Crippen LogP contribution in [0.15, 0.2) is 60.1 Å². The summed E-state index contributed by atoms with van der Waals surface area (Å²) in [6.07, 6.45) is 5.23. The average Bonchev–Trinajstić information content (AvgIpc) is 3.10. The number of nitrogens with one attached hydrogen (secondary N) is 1. The minimum absolute atomic E-state index is 0.119. The molecule has 1 N–H and O–H groups in total. The van der Waals surface area contributed by atoms with E-state index in [0.29, 0.717) is 5.82 Å². The van der Waals surface area contributed by atoms with Crippen LogP contribution in [-0.4, -0.2) is 33.3 Å². The van der Waals surface area contributed by atoms with Gasteiger partial charge in [-0.05, 0) is 30.7 Å². The van der Waals surface area contributed by atoms with E-state index in [4.69, 9.17) is 4.74 Å². The van der Waals surface area contributed by atoms with Crippen LogP contribution in [0.2, 0.25) is 0 Å². The Bertz CT molecular complexity index is 879. The number of thioether (sulfide) groups is 1. The standard InChI is InChI=1S/C18H18N4O2S/c1-13-5-4-8-19-17(13)21-16(23)12-25-18-20-9-10-22(18)14-6-3-7-15(11-14)24-2/h3-11H,12H2,1-2H3,(H,19,21,23). The van der Waals surface area contributed by atoms with E-state index in [1.165, 1.54) is 11.8 Å². The maximum Gasteiger partial charge on any atom is 0.236 e. The molecule has 6 nitrogen and oxygen atoms in total. The third-order valence-electron chi connectivity index (χ3n) is 3.54. The summed E-state index contributed by atoms with van der Waals surface area (Å²) in [6.45, 7) is 1.91. The maximum absolute atomic E-state index is 12.2. The highest BCUT2D eigenvalue weighted by atomic mass is 32.2. The summed E-state index contributed by atoms with van der Waals surface area (Å²) in [5.74, 6) is 1.48. The van der Waals surface area contributed by atoms with Gasteiger partial charge in [-0.2, -0.15) is 0 Å². The number of hydrogen-bond acceptors (Lipinski definition) is 5. The number of imidazole rings is 1. The number of rotatable bonds is 6. The second-order valence-corrected chi connectivity index (χ2v) is 6.23. The molecular formula is C18H18N4O2S. The number of amides is 1. The molecule has 3 rings (SSSR count). The van der Waals surface area contributed by atoms with E-state index in [1.807, 2.05) is 54.1 Å². The van der Waals surface area contributed by atoms with Gasteiger partial charge in [0.2, 0.25) is 5.91 Å². The average molecular weight is 354 g/mol. The van der Waals surface area contributed by atoms with Crippen molar-refractivity contribution in [1.29, 1.82) is 0 Å². The predicted molar refractivity (Wildman–Crippen MR) is 98.4 cm³/mol. The van der Waals surface area contributed by atoms with E-state index in [1.54, 1.807) is 19.5 Å². The lowest BCUT2D eigenvalue weighted by Crippen LogP contribution is -2.16. The van der Waals surface area contributed by atoms with Crippen molar-refractivity contribution in [3.8, 4) is 11.4 Å². The van der Waals surface area contributed by atoms with Crippen molar-refractivity contribution in [2.24, 2.45) is 0 Å². The van der Waals surface area contributed by atoms with Crippen LogP contribution in [0.4, 0.5) is 5.82 Å². The molecule has 3 aromatic rings. The van der Waals surface area contributed by atoms with Crippen LogP contribution >= 0.6 is 11.8 Å². The Morgan fingerprint density at radius 2 is 2.12 bits per heavy atom. The molecule has 0 aliphatic carbocycles. The van der Waals surface area contributed by atoms with E-state index in [9.17, 15) is 4.79 Å². The molecule has 2 heterocycles. The molecule has 7 heteroatoms. The molecule has 2 aromatic heterocycles. The number of anilines is 1. The van der Waals surface area contributed by atoms with E-state index < -0.39 is 0 Å². The van der Waals surface area contributed by atoms with Crippen LogP contribution in [0.1, 0.15) is 5.56 Å². The van der Waals surface area contributed by atoms with Crippen LogP contribution in [0.5, 0.6) is 5.75 Å². The van der Waals surface area contributed by atoms with E-state index in [-0.39, 0.29) is 11.7 Å². The van der Waals surface area contributed by atoms with Crippen molar-refractivity contribution in [2.75, 3.05) is 18.2 Å². The van der Waals surface area contributed by atoms with Crippen LogP contribution in [0.3, 0.4) is 0 Å². The first-order valence-electron chi connectivity index (χ1n) is 7.69. The molecule has 0 spiro atoms. The molecule has 25 heavy (non-hydrogen) atoms. The molecule has 0 radical (unpaired) electrons. The Morgan fingerprint density at radius 3 is 2.92 bits per heavy atom. The number of methoxy groups -OCH3 is 1. The molecule has 1 amide bonds. The second kappa shape index (κ2) is 7.85. The number of nitrogens with zero attached hydrogens (tertiary/aromatic N) is 3. The number of aromatic nitrogens is 3. The van der Waals surface area contributed by atoms with E-state index >= 15 is 0 Å². The molecule has 0 unspecified atom stereocenters. The Kier molecular flexibility index (Phi) is 5.35. The molecular weight excluding hydrogens is 336 g/mol. The van der Waals surface area contributed by atoms with Crippen molar-refractivity contribution >= 4 is 23.5 Å². The third-order valence-corrected chi connectivity index (χ3v) is 4.50. The fourth-order valence-electron chi connectivity index (χ4n) is 2.27. The van der Waals surface area contributed by atoms with Gasteiger partial charge in [0, 0.05) is 24.7 Å². The molecule has 0 saturated heterocycles. The van der Waals surface area contributed by atoms with Gasteiger partial charge in [-0.3, -0.25) is 9.36 Å². The quantitative estimate of drug-likeness (QED) is 0.688.